The van der Waals surface area contributed by atoms with Gasteiger partial charge in [-0.2, -0.15) is 5.26 Å². The molecule has 3 N–H and O–H groups in total. The summed E-state index contributed by atoms with van der Waals surface area (Å²) in [4.78, 5) is 40.0. The number of nitriles is 1. The van der Waals surface area contributed by atoms with E-state index < -0.39 is 40.2 Å². The lowest BCUT2D eigenvalue weighted by Gasteiger charge is -2.71. The van der Waals surface area contributed by atoms with Gasteiger partial charge in [-0.05, 0) is 78.4 Å². The van der Waals surface area contributed by atoms with E-state index >= 15 is 0 Å². The third kappa shape index (κ3) is 5.20. The van der Waals surface area contributed by atoms with Gasteiger partial charge in [0.15, 0.2) is 5.78 Å². The molecule has 0 aromatic heterocycles. The molecule has 0 radical (unpaired) electrons. The molecule has 0 spiro atoms. The Bertz CT molecular complexity index is 1250. The van der Waals surface area contributed by atoms with Gasteiger partial charge in [0.05, 0.1) is 12.1 Å². The fraction of sp³-hybridized carbons (Fsp3) is 0.829. The summed E-state index contributed by atoms with van der Waals surface area (Å²) in [5.74, 6) is -0.314. The van der Waals surface area contributed by atoms with E-state index in [0.29, 0.717) is 19.3 Å². The van der Waals surface area contributed by atoms with Crippen LogP contribution in [-0.2, 0) is 14.4 Å². The number of hydrogen-bond acceptors (Lipinski definition) is 5. The van der Waals surface area contributed by atoms with Crippen LogP contribution < -0.4 is 11.1 Å². The lowest BCUT2D eigenvalue weighted by molar-refractivity contribution is -0.185. The Hall–Kier alpha value is -2.14. The highest BCUT2D eigenvalue weighted by molar-refractivity contribution is 6.04. The van der Waals surface area contributed by atoms with E-state index in [1.807, 2.05) is 13.8 Å². The van der Waals surface area contributed by atoms with Crippen molar-refractivity contribution in [1.29, 1.82) is 5.26 Å². The van der Waals surface area contributed by atoms with Gasteiger partial charge in [-0.15, -0.1) is 0 Å². The third-order valence-electron chi connectivity index (χ3n) is 13.6. The van der Waals surface area contributed by atoms with Gasteiger partial charge in [0.25, 0.3) is 6.43 Å². The molecule has 4 aliphatic carbocycles. The molecule has 1 unspecified atom stereocenters. The van der Waals surface area contributed by atoms with Crippen molar-refractivity contribution in [2.75, 3.05) is 6.54 Å². The van der Waals surface area contributed by atoms with Gasteiger partial charge in [0, 0.05) is 35.6 Å². The summed E-state index contributed by atoms with van der Waals surface area (Å²) in [6.07, 6.45) is 5.56. The lowest BCUT2D eigenvalue weighted by atomic mass is 9.34. The number of hydrogen-bond donors (Lipinski definition) is 2. The van der Waals surface area contributed by atoms with Crippen molar-refractivity contribution in [3.05, 3.63) is 11.6 Å². The van der Waals surface area contributed by atoms with Crippen LogP contribution in [0, 0.1) is 55.7 Å². The van der Waals surface area contributed by atoms with Crippen LogP contribution in [0.15, 0.2) is 11.6 Å². The number of nitrogens with zero attached hydrogens (tertiary/aromatic N) is 1. The van der Waals surface area contributed by atoms with Gasteiger partial charge in [-0.1, -0.05) is 61.5 Å². The third-order valence-corrected chi connectivity index (χ3v) is 13.6. The summed E-state index contributed by atoms with van der Waals surface area (Å²) in [7, 11) is 0. The Morgan fingerprint density at radius 1 is 1.07 bits per heavy atom. The first-order chi connectivity index (χ1) is 19.6. The standard InChI is InChI=1S/C35H53F2N3O3/c1-22-15-29(2,3)11-13-34(22,19-27(42)40-21-26(36)37)14-12-31(6)17-24(41)18-35(39)32(7)16-23(20-38)28(43)30(4,5)25(32)9-10-33(31,35)8/h16,22,25-26H,9-15,17-19,21,39H2,1-8H3,(H,40,42)/t22?,25-,31+,32-,33-,34+,35-/m0/s1. The Balaban J connectivity index is 1.73. The van der Waals surface area contributed by atoms with Crippen LogP contribution in [0.2, 0.25) is 0 Å². The Morgan fingerprint density at radius 3 is 2.30 bits per heavy atom. The zero-order valence-electron chi connectivity index (χ0n) is 27.6. The molecular formula is C35H53F2N3O3. The van der Waals surface area contributed by atoms with Crippen molar-refractivity contribution in [2.45, 2.75) is 132 Å². The maximum absolute atomic E-state index is 13.7. The number of fused-ring (bicyclic) bond motifs is 3. The van der Waals surface area contributed by atoms with Crippen LogP contribution in [-0.4, -0.2) is 36.0 Å². The van der Waals surface area contributed by atoms with Crippen LogP contribution >= 0.6 is 0 Å². The number of Topliss-reactive ketones (excluding diaryl/α,β-unsaturated/α-hetero) is 2. The predicted molar refractivity (Wildman–Crippen MR) is 163 cm³/mol. The van der Waals surface area contributed by atoms with Crippen LogP contribution in [0.4, 0.5) is 8.78 Å². The highest BCUT2D eigenvalue weighted by Crippen LogP contribution is 2.71. The molecule has 0 aliphatic heterocycles. The molecule has 3 fully saturated rings. The first-order valence-electron chi connectivity index (χ1n) is 16.2. The van der Waals surface area contributed by atoms with Gasteiger partial charge in [0.1, 0.15) is 11.9 Å². The molecule has 4 aliphatic rings. The molecule has 4 rings (SSSR count). The van der Waals surface area contributed by atoms with Crippen LogP contribution in [0.1, 0.15) is 120 Å². The smallest absolute Gasteiger partial charge is 0.255 e. The highest BCUT2D eigenvalue weighted by atomic mass is 19.3. The first-order valence-corrected chi connectivity index (χ1v) is 16.2. The number of ketones is 2. The number of nitrogens with two attached hydrogens (primary N) is 1. The molecule has 0 aromatic carbocycles. The fourth-order valence-electron chi connectivity index (χ4n) is 10.6. The Kier molecular flexibility index (Phi) is 8.43. The van der Waals surface area contributed by atoms with E-state index in [9.17, 15) is 28.4 Å². The van der Waals surface area contributed by atoms with Gasteiger partial charge in [-0.3, -0.25) is 14.4 Å². The molecule has 0 saturated heterocycles. The minimum Gasteiger partial charge on any atom is -0.350 e. The quantitative estimate of drug-likeness (QED) is 0.329. The van der Waals surface area contributed by atoms with Crippen LogP contribution in [0.5, 0.6) is 0 Å². The molecule has 0 heterocycles. The maximum atomic E-state index is 13.7. The summed E-state index contributed by atoms with van der Waals surface area (Å²) < 4.78 is 25.9. The number of amides is 1. The molecule has 240 valence electrons. The van der Waals surface area contributed by atoms with E-state index in [-0.39, 0.29) is 58.6 Å². The molecule has 8 heteroatoms. The molecule has 43 heavy (non-hydrogen) atoms. The van der Waals surface area contributed by atoms with Gasteiger partial charge >= 0.3 is 0 Å². The van der Waals surface area contributed by atoms with Crippen LogP contribution in [0.3, 0.4) is 0 Å². The number of halogens is 2. The summed E-state index contributed by atoms with van der Waals surface area (Å²) in [6, 6.07) is 2.13. The fourth-order valence-corrected chi connectivity index (χ4v) is 10.6. The summed E-state index contributed by atoms with van der Waals surface area (Å²) in [6.45, 7) is 16.3. The van der Waals surface area contributed by atoms with Gasteiger partial charge in [-0.25, -0.2) is 8.78 Å². The zero-order valence-corrected chi connectivity index (χ0v) is 27.6. The first kappa shape index (κ1) is 33.7. The van der Waals surface area contributed by atoms with Gasteiger partial charge < -0.3 is 11.1 Å². The zero-order chi connectivity index (χ0) is 32.4. The largest absolute Gasteiger partial charge is 0.350 e. The normalized spacial score (nSPS) is 42.0. The predicted octanol–water partition coefficient (Wildman–Crippen LogP) is 6.92. The average molecular weight is 602 g/mol. The van der Waals surface area contributed by atoms with Crippen molar-refractivity contribution in [3.63, 3.8) is 0 Å². The molecule has 6 nitrogen and oxygen atoms in total. The van der Waals surface area contributed by atoms with E-state index in [2.05, 4.69) is 52.9 Å². The molecule has 7 atom stereocenters. The second kappa shape index (κ2) is 10.7. The van der Waals surface area contributed by atoms with E-state index in [0.717, 1.165) is 32.1 Å². The number of nitrogens with one attached hydrogen (secondary N) is 1. The number of carbonyl (C=O) groups excluding carboxylic acids is 3. The Morgan fingerprint density at radius 2 is 1.72 bits per heavy atom. The number of alkyl halides is 2. The highest BCUT2D eigenvalue weighted by Gasteiger charge is 2.72. The maximum Gasteiger partial charge on any atom is 0.255 e. The Labute approximate surface area is 257 Å². The number of carbonyl (C=O) groups is 3. The summed E-state index contributed by atoms with van der Waals surface area (Å²) in [5, 5.41) is 12.4. The molecule has 1 amide bonds. The number of allylic oxidation sites excluding steroid dienone is 1. The molecular weight excluding hydrogens is 548 g/mol. The molecule has 0 bridgehead atoms. The van der Waals surface area contributed by atoms with Crippen molar-refractivity contribution >= 4 is 17.5 Å². The lowest BCUT2D eigenvalue weighted by Crippen LogP contribution is -2.77. The van der Waals surface area contributed by atoms with E-state index in [4.69, 9.17) is 5.73 Å². The minimum absolute atomic E-state index is 0.0903. The monoisotopic (exact) mass is 601 g/mol. The number of rotatable bonds is 7. The van der Waals surface area contributed by atoms with Crippen molar-refractivity contribution in [1.82, 2.24) is 5.32 Å². The summed E-state index contributed by atoms with van der Waals surface area (Å²) in [5.41, 5.74) is 3.99. The molecule has 0 aromatic rings. The molecule has 3 saturated carbocycles. The van der Waals surface area contributed by atoms with Gasteiger partial charge in [0.2, 0.25) is 5.91 Å². The van der Waals surface area contributed by atoms with E-state index in [1.54, 1.807) is 6.08 Å². The average Bonchev–Trinajstić information content (AvgIpc) is 2.88. The summed E-state index contributed by atoms with van der Waals surface area (Å²) >= 11 is 0. The second-order valence-electron chi connectivity index (χ2n) is 16.9. The van der Waals surface area contributed by atoms with Crippen molar-refractivity contribution < 1.29 is 23.2 Å². The topological polar surface area (TPSA) is 113 Å². The van der Waals surface area contributed by atoms with Crippen molar-refractivity contribution in [3.8, 4) is 6.07 Å². The van der Waals surface area contributed by atoms with Crippen molar-refractivity contribution in [2.24, 2.45) is 50.1 Å². The SMILES string of the molecule is CC1CC(C)(C)CC[C@@]1(CC[C@]1(C)CC(=O)C[C@@]2(N)[C@@]1(C)CC[C@H]1C(C)(C)C(=O)C(C#N)=C[C@@]12C)CC(=O)NCC(F)F. The minimum atomic E-state index is -2.60. The van der Waals surface area contributed by atoms with Crippen LogP contribution in [0.25, 0.3) is 0 Å². The van der Waals surface area contributed by atoms with E-state index in [1.165, 1.54) is 0 Å². The second-order valence-corrected chi connectivity index (χ2v) is 16.9.